The molecule has 2 N–H and O–H groups in total. The van der Waals surface area contributed by atoms with Crippen LogP contribution in [0.2, 0.25) is 0 Å². The molecular weight excluding hydrogens is 397 g/mol. The van der Waals surface area contributed by atoms with Gasteiger partial charge in [0.15, 0.2) is 0 Å². The van der Waals surface area contributed by atoms with Crippen molar-refractivity contribution in [2.24, 2.45) is 0 Å². The molecule has 0 bridgehead atoms. The van der Waals surface area contributed by atoms with Gasteiger partial charge in [0, 0.05) is 6.54 Å². The minimum Gasteiger partial charge on any atom is -0.491 e. The van der Waals surface area contributed by atoms with Crippen LogP contribution in [0, 0.1) is 12.0 Å². The second-order valence-corrected chi connectivity index (χ2v) is 4.73. The van der Waals surface area contributed by atoms with E-state index in [9.17, 15) is 4.79 Å². The van der Waals surface area contributed by atoms with Crippen LogP contribution in [0.15, 0.2) is 30.3 Å². The van der Waals surface area contributed by atoms with Gasteiger partial charge in [-0.25, -0.2) is 4.79 Å². The van der Waals surface area contributed by atoms with Gasteiger partial charge in [-0.1, -0.05) is 54.1 Å². The van der Waals surface area contributed by atoms with E-state index in [2.05, 4.69) is 51.6 Å². The molecule has 0 aliphatic heterocycles. The monoisotopic (exact) mass is 419 g/mol. The van der Waals surface area contributed by atoms with Crippen molar-refractivity contribution < 1.29 is 19.4 Å². The quantitative estimate of drug-likeness (QED) is 0.322. The molecule has 122 valence electrons. The Morgan fingerprint density at radius 3 is 2.68 bits per heavy atom. The smallest absolute Gasteiger partial charge is 0.421 e. The van der Waals surface area contributed by atoms with Gasteiger partial charge in [0.1, 0.15) is 18.5 Å². The summed E-state index contributed by atoms with van der Waals surface area (Å²) in [6, 6.07) is 9.43. The maximum Gasteiger partial charge on any atom is 0.421 e. The third-order valence-corrected chi connectivity index (χ3v) is 2.57. The largest absolute Gasteiger partial charge is 0.491 e. The molecule has 1 aromatic carbocycles. The minimum absolute atomic E-state index is 0.0644. The van der Waals surface area contributed by atoms with Crippen molar-refractivity contribution in [1.82, 2.24) is 5.32 Å². The van der Waals surface area contributed by atoms with Crippen LogP contribution in [0.3, 0.4) is 0 Å². The summed E-state index contributed by atoms with van der Waals surface area (Å²) in [5.74, 6) is 3.43. The first kappa shape index (κ1) is 20.5. The molecule has 0 aromatic heterocycles. The van der Waals surface area contributed by atoms with Gasteiger partial charge >= 0.3 is 6.09 Å². The molecule has 22 heavy (non-hydrogen) atoms. The summed E-state index contributed by atoms with van der Waals surface area (Å²) < 4.78 is 10.3. The normalized spacial score (nSPS) is 8.68. The molecule has 0 heterocycles. The lowest BCUT2D eigenvalue weighted by Gasteiger charge is -2.01. The molecule has 5 nitrogen and oxygen atoms in total. The van der Waals surface area contributed by atoms with E-state index >= 15 is 0 Å². The summed E-state index contributed by atoms with van der Waals surface area (Å²) >= 11 is 2.08. The minimum atomic E-state index is -0.458. The van der Waals surface area contributed by atoms with Crippen LogP contribution >= 0.6 is 22.6 Å². The highest BCUT2D eigenvalue weighted by molar-refractivity contribution is 14.1. The highest BCUT2D eigenvalue weighted by Gasteiger charge is 1.96. The highest BCUT2D eigenvalue weighted by Crippen LogP contribution is 2.07. The zero-order chi connectivity index (χ0) is 16.5. The van der Waals surface area contributed by atoms with Gasteiger partial charge in [-0.05, 0) is 24.5 Å². The van der Waals surface area contributed by atoms with Crippen LogP contribution in [0.25, 0.3) is 0 Å². The number of amides is 1. The number of alkyl carbamates (subject to hydrolysis) is 1. The van der Waals surface area contributed by atoms with Crippen LogP contribution in [0.5, 0.6) is 5.75 Å². The number of nitrogens with one attached hydrogen (secondary N) is 1. The molecule has 0 aliphatic rings. The topological polar surface area (TPSA) is 67.8 Å². The molecule has 1 rings (SSSR count). The third kappa shape index (κ3) is 13.5. The molecule has 6 heteroatoms. The number of halogens is 1. The summed E-state index contributed by atoms with van der Waals surface area (Å²) in [6.45, 7) is 3.14. The molecule has 0 radical (unpaired) electrons. The third-order valence-electron chi connectivity index (χ3n) is 2.19. The molecule has 0 aliphatic carbocycles. The van der Waals surface area contributed by atoms with E-state index in [-0.39, 0.29) is 6.61 Å². The summed E-state index contributed by atoms with van der Waals surface area (Å²) in [7, 11) is 0. The Kier molecular flexibility index (Phi) is 14.9. The lowest BCUT2D eigenvalue weighted by Crippen LogP contribution is -2.23. The predicted molar refractivity (Wildman–Crippen MR) is 95.1 cm³/mol. The van der Waals surface area contributed by atoms with E-state index in [1.165, 1.54) is 0 Å². The average Bonchev–Trinajstić information content (AvgIpc) is 2.55. The Morgan fingerprint density at radius 1 is 1.36 bits per heavy atom. The van der Waals surface area contributed by atoms with E-state index < -0.39 is 6.09 Å². The SMILES string of the molecule is CCCCNC(=O)OC#CCI.OCCOc1ccccc1. The number of alkyl halides is 1. The summed E-state index contributed by atoms with van der Waals surface area (Å²) in [6.07, 6.45) is 3.86. The first-order valence-corrected chi connectivity index (χ1v) is 8.54. The van der Waals surface area contributed by atoms with Crippen molar-refractivity contribution in [3.63, 3.8) is 0 Å². The van der Waals surface area contributed by atoms with Crippen LogP contribution in [0.4, 0.5) is 4.79 Å². The van der Waals surface area contributed by atoms with Gasteiger partial charge in [-0.3, -0.25) is 0 Å². The molecule has 0 unspecified atom stereocenters. The van der Waals surface area contributed by atoms with Gasteiger partial charge < -0.3 is 19.9 Å². The molecule has 0 spiro atoms. The van der Waals surface area contributed by atoms with Crippen molar-refractivity contribution in [1.29, 1.82) is 0 Å². The number of hydrogen-bond donors (Lipinski definition) is 2. The number of aliphatic hydroxyl groups is 1. The van der Waals surface area contributed by atoms with E-state index in [1.807, 2.05) is 30.3 Å². The fourth-order valence-corrected chi connectivity index (χ4v) is 1.35. The average molecular weight is 419 g/mol. The highest BCUT2D eigenvalue weighted by atomic mass is 127. The number of para-hydroxylation sites is 1. The van der Waals surface area contributed by atoms with Crippen LogP contribution in [-0.4, -0.2) is 35.4 Å². The number of carbonyl (C=O) groups excluding carboxylic acids is 1. The Hall–Kier alpha value is -1.46. The van der Waals surface area contributed by atoms with E-state index in [4.69, 9.17) is 9.84 Å². The number of carbonyl (C=O) groups is 1. The van der Waals surface area contributed by atoms with Crippen molar-refractivity contribution >= 4 is 28.7 Å². The molecule has 0 atom stereocenters. The number of benzene rings is 1. The van der Waals surface area contributed by atoms with Gasteiger partial charge in [0.05, 0.1) is 11.0 Å². The number of aliphatic hydroxyl groups excluding tert-OH is 1. The standard InChI is InChI=1S/C8H12INO2.C8H10O2/c1-2-3-6-10-8(11)12-7-4-5-9;9-6-7-10-8-4-2-1-3-5-8/h2-3,5-6H2,1H3,(H,10,11);1-5,9H,6-7H2. The Labute approximate surface area is 145 Å². The van der Waals surface area contributed by atoms with Crippen LogP contribution in [0.1, 0.15) is 19.8 Å². The Balaban J connectivity index is 0.000000406. The van der Waals surface area contributed by atoms with Crippen molar-refractivity contribution in [3.8, 4) is 17.8 Å². The van der Waals surface area contributed by atoms with Crippen molar-refractivity contribution in [2.75, 3.05) is 24.2 Å². The summed E-state index contributed by atoms with van der Waals surface area (Å²) in [5, 5.41) is 11.0. The Bertz CT molecular complexity index is 442. The fourth-order valence-electron chi connectivity index (χ4n) is 1.19. The van der Waals surface area contributed by atoms with Gasteiger partial charge in [-0.15, -0.1) is 0 Å². The molecule has 0 saturated heterocycles. The zero-order valence-electron chi connectivity index (χ0n) is 12.7. The maximum atomic E-state index is 10.8. The van der Waals surface area contributed by atoms with Gasteiger partial charge in [0.2, 0.25) is 0 Å². The number of rotatable bonds is 6. The van der Waals surface area contributed by atoms with Gasteiger partial charge in [-0.2, -0.15) is 0 Å². The number of ether oxygens (including phenoxy) is 2. The van der Waals surface area contributed by atoms with Crippen molar-refractivity contribution in [2.45, 2.75) is 19.8 Å². The summed E-state index contributed by atoms with van der Waals surface area (Å²) in [5.41, 5.74) is 0. The van der Waals surface area contributed by atoms with E-state index in [0.717, 1.165) is 18.6 Å². The number of hydrogen-bond acceptors (Lipinski definition) is 4. The molecule has 1 amide bonds. The second kappa shape index (κ2) is 15.9. The lowest BCUT2D eigenvalue weighted by atomic mass is 10.3. The lowest BCUT2D eigenvalue weighted by molar-refractivity contribution is 0.191. The van der Waals surface area contributed by atoms with E-state index in [0.29, 0.717) is 17.6 Å². The first-order valence-electron chi connectivity index (χ1n) is 7.01. The Morgan fingerprint density at radius 2 is 2.09 bits per heavy atom. The predicted octanol–water partition coefficient (Wildman–Crippen LogP) is 2.97. The van der Waals surface area contributed by atoms with Crippen molar-refractivity contribution in [3.05, 3.63) is 30.3 Å². The molecule has 0 fully saturated rings. The molecule has 1 aromatic rings. The maximum absolute atomic E-state index is 10.8. The molecular formula is C16H22INO4. The van der Waals surface area contributed by atoms with Gasteiger partial charge in [0.25, 0.3) is 0 Å². The molecule has 0 saturated carbocycles. The van der Waals surface area contributed by atoms with Crippen LogP contribution < -0.4 is 10.1 Å². The second-order valence-electron chi connectivity index (χ2n) is 3.97. The zero-order valence-corrected chi connectivity index (χ0v) is 14.8. The fraction of sp³-hybridized carbons (Fsp3) is 0.438. The van der Waals surface area contributed by atoms with Crippen LogP contribution in [-0.2, 0) is 4.74 Å². The summed E-state index contributed by atoms with van der Waals surface area (Å²) in [4.78, 5) is 10.8. The van der Waals surface area contributed by atoms with E-state index in [1.54, 1.807) is 0 Å². The first-order chi connectivity index (χ1) is 10.7. The number of unbranched alkanes of at least 4 members (excludes halogenated alkanes) is 1.